The first-order chi connectivity index (χ1) is 14.1. The Morgan fingerprint density at radius 1 is 0.828 bits per heavy atom. The van der Waals surface area contributed by atoms with Crippen molar-refractivity contribution < 1.29 is 14.6 Å². The minimum absolute atomic E-state index is 0.266. The standard InChI is InChI=1S/C25H27NO3/c1-19(2)29-24(28)23(18-27)26-25(20-12-6-3-7-13-20,21-14-8-4-9-15-21)22-16-10-5-11-17-22/h3-17,19,23,26-27H,18H2,1-2H3/t23-/m1/s1. The first kappa shape index (κ1) is 20.8. The van der Waals surface area contributed by atoms with Gasteiger partial charge < -0.3 is 9.84 Å². The predicted molar refractivity (Wildman–Crippen MR) is 114 cm³/mol. The third-order valence-electron chi connectivity index (χ3n) is 4.83. The predicted octanol–water partition coefficient (Wildman–Crippen LogP) is 3.88. The van der Waals surface area contributed by atoms with E-state index in [9.17, 15) is 9.90 Å². The summed E-state index contributed by atoms with van der Waals surface area (Å²) in [5.74, 6) is -0.477. The van der Waals surface area contributed by atoms with E-state index in [0.717, 1.165) is 16.7 Å². The molecule has 1 atom stereocenters. The Hall–Kier alpha value is -2.95. The molecule has 0 aliphatic heterocycles. The van der Waals surface area contributed by atoms with Gasteiger partial charge in [-0.05, 0) is 30.5 Å². The first-order valence-electron chi connectivity index (χ1n) is 9.83. The molecule has 2 N–H and O–H groups in total. The number of carbonyl (C=O) groups is 1. The molecule has 29 heavy (non-hydrogen) atoms. The number of benzene rings is 3. The minimum atomic E-state index is -0.891. The van der Waals surface area contributed by atoms with E-state index in [2.05, 4.69) is 5.32 Å². The summed E-state index contributed by atoms with van der Waals surface area (Å²) in [4.78, 5) is 12.7. The van der Waals surface area contributed by atoms with Crippen LogP contribution in [0.4, 0.5) is 0 Å². The molecule has 0 aliphatic carbocycles. The maximum Gasteiger partial charge on any atom is 0.325 e. The highest BCUT2D eigenvalue weighted by atomic mass is 16.5. The molecule has 0 bridgehead atoms. The van der Waals surface area contributed by atoms with Gasteiger partial charge in [0.2, 0.25) is 0 Å². The lowest BCUT2D eigenvalue weighted by Gasteiger charge is -2.39. The molecule has 4 heteroatoms. The van der Waals surface area contributed by atoms with Crippen LogP contribution < -0.4 is 5.32 Å². The number of rotatable bonds is 8. The van der Waals surface area contributed by atoms with E-state index >= 15 is 0 Å². The van der Waals surface area contributed by atoms with Crippen LogP contribution >= 0.6 is 0 Å². The van der Waals surface area contributed by atoms with Gasteiger partial charge in [-0.15, -0.1) is 0 Å². The molecule has 150 valence electrons. The zero-order valence-corrected chi connectivity index (χ0v) is 16.8. The summed E-state index contributed by atoms with van der Waals surface area (Å²) in [5.41, 5.74) is 2.06. The molecular weight excluding hydrogens is 362 g/mol. The number of ether oxygens (including phenoxy) is 1. The average molecular weight is 389 g/mol. The molecule has 0 amide bonds. The zero-order valence-electron chi connectivity index (χ0n) is 16.8. The summed E-state index contributed by atoms with van der Waals surface area (Å²) >= 11 is 0. The molecule has 3 aromatic carbocycles. The molecule has 3 rings (SSSR count). The van der Waals surface area contributed by atoms with Gasteiger partial charge in [0.1, 0.15) is 6.04 Å². The molecule has 0 unspecified atom stereocenters. The maximum atomic E-state index is 12.7. The number of carbonyl (C=O) groups excluding carboxylic acids is 1. The van der Waals surface area contributed by atoms with Gasteiger partial charge in [-0.1, -0.05) is 91.0 Å². The lowest BCUT2D eigenvalue weighted by atomic mass is 9.76. The normalized spacial score (nSPS) is 12.6. The highest BCUT2D eigenvalue weighted by molar-refractivity contribution is 5.76. The van der Waals surface area contributed by atoms with Crippen LogP contribution in [-0.2, 0) is 15.1 Å². The number of hydrogen-bond acceptors (Lipinski definition) is 4. The van der Waals surface area contributed by atoms with Crippen molar-refractivity contribution in [2.75, 3.05) is 6.61 Å². The summed E-state index contributed by atoms with van der Waals surface area (Å²) in [7, 11) is 0. The van der Waals surface area contributed by atoms with E-state index in [0.29, 0.717) is 0 Å². The van der Waals surface area contributed by atoms with Crippen LogP contribution in [0.15, 0.2) is 91.0 Å². The molecule has 0 aromatic heterocycles. The monoisotopic (exact) mass is 389 g/mol. The van der Waals surface area contributed by atoms with Crippen LogP contribution in [0.3, 0.4) is 0 Å². The van der Waals surface area contributed by atoms with Crippen LogP contribution in [-0.4, -0.2) is 29.8 Å². The number of hydrogen-bond donors (Lipinski definition) is 2. The Balaban J connectivity index is 2.21. The number of esters is 1. The molecule has 0 fully saturated rings. The van der Waals surface area contributed by atoms with Gasteiger partial charge in [0.05, 0.1) is 18.2 Å². The van der Waals surface area contributed by atoms with Crippen molar-refractivity contribution in [3.63, 3.8) is 0 Å². The van der Waals surface area contributed by atoms with Crippen LogP contribution in [0.2, 0.25) is 0 Å². The van der Waals surface area contributed by atoms with Crippen LogP contribution in [0.1, 0.15) is 30.5 Å². The second kappa shape index (κ2) is 9.50. The Bertz CT molecular complexity index is 798. The molecular formula is C25H27NO3. The smallest absolute Gasteiger partial charge is 0.325 e. The van der Waals surface area contributed by atoms with Gasteiger partial charge in [-0.2, -0.15) is 0 Å². The van der Waals surface area contributed by atoms with E-state index < -0.39 is 17.6 Å². The quantitative estimate of drug-likeness (QED) is 0.453. The Morgan fingerprint density at radius 2 is 1.21 bits per heavy atom. The van der Waals surface area contributed by atoms with Crippen molar-refractivity contribution in [2.24, 2.45) is 0 Å². The Labute approximate surface area is 172 Å². The fourth-order valence-corrected chi connectivity index (χ4v) is 3.57. The molecule has 0 saturated heterocycles. The maximum absolute atomic E-state index is 12.7. The van der Waals surface area contributed by atoms with Gasteiger partial charge in [0.15, 0.2) is 0 Å². The van der Waals surface area contributed by atoms with Crippen molar-refractivity contribution in [2.45, 2.75) is 31.5 Å². The van der Waals surface area contributed by atoms with Crippen molar-refractivity contribution in [1.29, 1.82) is 0 Å². The van der Waals surface area contributed by atoms with Gasteiger partial charge in [-0.3, -0.25) is 10.1 Å². The van der Waals surface area contributed by atoms with Crippen LogP contribution in [0.5, 0.6) is 0 Å². The fraction of sp³-hybridized carbons (Fsp3) is 0.240. The molecule has 0 saturated carbocycles. The van der Waals surface area contributed by atoms with Crippen LogP contribution in [0.25, 0.3) is 0 Å². The van der Waals surface area contributed by atoms with Crippen molar-refractivity contribution in [1.82, 2.24) is 5.32 Å². The second-order valence-electron chi connectivity index (χ2n) is 7.21. The third-order valence-corrected chi connectivity index (χ3v) is 4.83. The average Bonchev–Trinajstić information content (AvgIpc) is 2.76. The van der Waals surface area contributed by atoms with Gasteiger partial charge in [0.25, 0.3) is 0 Å². The summed E-state index contributed by atoms with van der Waals surface area (Å²) in [6.45, 7) is 3.22. The van der Waals surface area contributed by atoms with Gasteiger partial charge in [0, 0.05) is 0 Å². The third kappa shape index (κ3) is 4.56. The minimum Gasteiger partial charge on any atom is -0.462 e. The molecule has 0 aliphatic rings. The van der Waals surface area contributed by atoms with E-state index in [-0.39, 0.29) is 12.7 Å². The molecule has 0 radical (unpaired) electrons. The largest absolute Gasteiger partial charge is 0.462 e. The highest BCUT2D eigenvalue weighted by Gasteiger charge is 2.40. The van der Waals surface area contributed by atoms with E-state index in [1.54, 1.807) is 13.8 Å². The second-order valence-corrected chi connectivity index (χ2v) is 7.21. The molecule has 0 heterocycles. The van der Waals surface area contributed by atoms with Crippen LogP contribution in [0, 0.1) is 0 Å². The summed E-state index contributed by atoms with van der Waals surface area (Å²) in [6, 6.07) is 28.9. The van der Waals surface area contributed by atoms with E-state index in [4.69, 9.17) is 4.74 Å². The zero-order chi connectivity index (χ0) is 20.7. The van der Waals surface area contributed by atoms with Gasteiger partial charge >= 0.3 is 5.97 Å². The highest BCUT2D eigenvalue weighted by Crippen LogP contribution is 2.37. The molecule has 3 aromatic rings. The number of aliphatic hydroxyl groups is 1. The lowest BCUT2D eigenvalue weighted by molar-refractivity contribution is -0.151. The van der Waals surface area contributed by atoms with Crippen molar-refractivity contribution in [3.05, 3.63) is 108 Å². The fourth-order valence-electron chi connectivity index (χ4n) is 3.57. The summed E-state index contributed by atoms with van der Waals surface area (Å²) in [5, 5.41) is 13.5. The lowest BCUT2D eigenvalue weighted by Crippen LogP contribution is -2.54. The number of nitrogens with one attached hydrogen (secondary N) is 1. The SMILES string of the molecule is CC(C)OC(=O)[C@@H](CO)NC(c1ccccc1)(c1ccccc1)c1ccccc1. The first-order valence-corrected chi connectivity index (χ1v) is 9.83. The van der Waals surface area contributed by atoms with Gasteiger partial charge in [-0.25, -0.2) is 0 Å². The summed E-state index contributed by atoms with van der Waals surface area (Å²) in [6.07, 6.45) is -0.266. The topological polar surface area (TPSA) is 58.6 Å². The Kier molecular flexibility index (Phi) is 6.81. The Morgan fingerprint density at radius 3 is 1.52 bits per heavy atom. The van der Waals surface area contributed by atoms with E-state index in [1.807, 2.05) is 91.0 Å². The van der Waals surface area contributed by atoms with E-state index in [1.165, 1.54) is 0 Å². The molecule has 0 spiro atoms. The van der Waals surface area contributed by atoms with Crippen molar-refractivity contribution in [3.8, 4) is 0 Å². The molecule has 4 nitrogen and oxygen atoms in total. The summed E-state index contributed by atoms with van der Waals surface area (Å²) < 4.78 is 5.40. The number of aliphatic hydroxyl groups excluding tert-OH is 1. The van der Waals surface area contributed by atoms with Crippen molar-refractivity contribution >= 4 is 5.97 Å².